The summed E-state index contributed by atoms with van der Waals surface area (Å²) < 4.78 is 8.13. The molecule has 0 bridgehead atoms. The van der Waals surface area contributed by atoms with E-state index in [0.717, 1.165) is 5.69 Å². The Kier molecular flexibility index (Phi) is 6.20. The number of hydrogen-bond donors (Lipinski definition) is 1. The zero-order valence-corrected chi connectivity index (χ0v) is 19.6. The average Bonchev–Trinajstić information content (AvgIpc) is 3.16. The van der Waals surface area contributed by atoms with E-state index in [2.05, 4.69) is 15.5 Å². The molecule has 4 aromatic rings. The molecule has 9 heteroatoms. The lowest BCUT2D eigenvalue weighted by atomic mass is 10.1. The van der Waals surface area contributed by atoms with E-state index in [1.807, 2.05) is 44.2 Å². The minimum absolute atomic E-state index is 0.356. The highest BCUT2D eigenvalue weighted by atomic mass is 35.5. The van der Waals surface area contributed by atoms with Crippen LogP contribution in [0.4, 0.5) is 5.69 Å². The van der Waals surface area contributed by atoms with Crippen molar-refractivity contribution in [2.24, 2.45) is 0 Å². The van der Waals surface area contributed by atoms with Crippen LogP contribution in [-0.4, -0.2) is 32.6 Å². The third kappa shape index (κ3) is 4.09. The van der Waals surface area contributed by atoms with Gasteiger partial charge >= 0.3 is 0 Å². The molecule has 1 atom stereocenters. The van der Waals surface area contributed by atoms with Crippen LogP contribution < -0.4 is 15.6 Å². The molecule has 1 amide bonds. The van der Waals surface area contributed by atoms with Crippen LogP contribution in [0.5, 0.6) is 5.75 Å². The Morgan fingerprint density at radius 1 is 1.15 bits per heavy atom. The number of hydrogen-bond acceptors (Lipinski definition) is 5. The van der Waals surface area contributed by atoms with E-state index in [9.17, 15) is 9.59 Å². The fourth-order valence-corrected chi connectivity index (χ4v) is 4.11. The Morgan fingerprint density at radius 3 is 2.52 bits per heavy atom. The van der Waals surface area contributed by atoms with Gasteiger partial charge in [-0.15, -0.1) is 0 Å². The van der Waals surface area contributed by atoms with Crippen LogP contribution in [0.1, 0.15) is 30.8 Å². The Balaban J connectivity index is 1.75. The zero-order chi connectivity index (χ0) is 23.7. The number of benzene rings is 2. The van der Waals surface area contributed by atoms with Crippen molar-refractivity contribution < 1.29 is 9.53 Å². The van der Waals surface area contributed by atoms with Crippen molar-refractivity contribution in [2.45, 2.75) is 33.2 Å². The Labute approximate surface area is 195 Å². The topological polar surface area (TPSA) is 91.0 Å². The van der Waals surface area contributed by atoms with Crippen molar-refractivity contribution in [1.82, 2.24) is 19.6 Å². The number of methoxy groups -OCH3 is 1. The number of nitrogens with one attached hydrogen (secondary N) is 1. The number of rotatable bonds is 6. The predicted octanol–water partition coefficient (Wildman–Crippen LogP) is 4.45. The van der Waals surface area contributed by atoms with Crippen LogP contribution >= 0.6 is 11.6 Å². The van der Waals surface area contributed by atoms with Gasteiger partial charge in [-0.25, -0.2) is 9.36 Å². The number of anilines is 1. The fourth-order valence-electron chi connectivity index (χ4n) is 3.85. The van der Waals surface area contributed by atoms with E-state index in [4.69, 9.17) is 16.3 Å². The van der Waals surface area contributed by atoms with Gasteiger partial charge in [-0.3, -0.25) is 9.59 Å². The summed E-state index contributed by atoms with van der Waals surface area (Å²) in [5.41, 5.74) is 2.78. The second-order valence-corrected chi connectivity index (χ2v) is 8.06. The predicted molar refractivity (Wildman–Crippen MR) is 129 cm³/mol. The van der Waals surface area contributed by atoms with Crippen LogP contribution in [-0.2, 0) is 4.79 Å². The van der Waals surface area contributed by atoms with E-state index in [0.29, 0.717) is 45.2 Å². The zero-order valence-electron chi connectivity index (χ0n) is 18.8. The van der Waals surface area contributed by atoms with E-state index < -0.39 is 6.04 Å². The first-order chi connectivity index (χ1) is 15.8. The van der Waals surface area contributed by atoms with Crippen LogP contribution in [0.3, 0.4) is 0 Å². The summed E-state index contributed by atoms with van der Waals surface area (Å²) >= 11 is 6.17. The summed E-state index contributed by atoms with van der Waals surface area (Å²) in [6, 6.07) is 13.7. The number of ether oxygens (including phenoxy) is 1. The molecule has 0 spiro atoms. The molecule has 2 aromatic heterocycles. The average molecular weight is 466 g/mol. The molecule has 2 heterocycles. The number of carbonyl (C=O) groups is 1. The molecule has 4 rings (SSSR count). The summed E-state index contributed by atoms with van der Waals surface area (Å²) in [4.78, 5) is 26.6. The number of amides is 1. The van der Waals surface area contributed by atoms with E-state index in [1.54, 1.807) is 29.8 Å². The lowest BCUT2D eigenvalue weighted by molar-refractivity contribution is -0.119. The van der Waals surface area contributed by atoms with E-state index in [-0.39, 0.29) is 11.5 Å². The fraction of sp³-hybridized carbons (Fsp3) is 0.250. The molecular weight excluding hydrogens is 442 g/mol. The van der Waals surface area contributed by atoms with Crippen molar-refractivity contribution in [2.75, 3.05) is 12.4 Å². The highest BCUT2D eigenvalue weighted by molar-refractivity contribution is 6.32. The van der Waals surface area contributed by atoms with Gasteiger partial charge in [0, 0.05) is 5.69 Å². The molecule has 0 aliphatic heterocycles. The van der Waals surface area contributed by atoms with Gasteiger partial charge in [-0.1, -0.05) is 36.7 Å². The second kappa shape index (κ2) is 9.07. The molecular formula is C24H24ClN5O3. The summed E-state index contributed by atoms with van der Waals surface area (Å²) in [5, 5.41) is 12.7. The van der Waals surface area contributed by atoms with Gasteiger partial charge in [0.25, 0.3) is 5.56 Å². The highest BCUT2D eigenvalue weighted by Crippen LogP contribution is 2.28. The molecule has 1 N–H and O–H groups in total. The van der Waals surface area contributed by atoms with Crippen molar-refractivity contribution in [3.05, 3.63) is 75.3 Å². The Hall–Kier alpha value is -3.65. The number of fused-ring (bicyclic) bond motifs is 1. The summed E-state index contributed by atoms with van der Waals surface area (Å²) in [6.07, 6.45) is 0.374. The van der Waals surface area contributed by atoms with Crippen molar-refractivity contribution in [3.8, 4) is 11.4 Å². The van der Waals surface area contributed by atoms with E-state index >= 15 is 0 Å². The van der Waals surface area contributed by atoms with Crippen molar-refractivity contribution in [3.63, 3.8) is 0 Å². The molecule has 0 fully saturated rings. The lowest BCUT2D eigenvalue weighted by Gasteiger charge is -2.18. The standard InChI is InChI=1S/C24H24ClN5O3/c1-5-19(23(31)26-16-11-12-20(33-4)18(25)13-16)30-24(32)21-15(3)29(17-9-7-6-8-10-17)28-22(21)14(2)27-30/h6-13,19H,5H2,1-4H3,(H,26,31)/t19-/m1/s1. The monoisotopic (exact) mass is 465 g/mol. The summed E-state index contributed by atoms with van der Waals surface area (Å²) in [6.45, 7) is 5.46. The Morgan fingerprint density at radius 2 is 1.88 bits per heavy atom. The number of nitrogens with zero attached hydrogens (tertiary/aromatic N) is 4. The molecule has 2 aromatic carbocycles. The maximum atomic E-state index is 13.5. The number of para-hydroxylation sites is 1. The molecule has 0 aliphatic rings. The second-order valence-electron chi connectivity index (χ2n) is 7.65. The summed E-state index contributed by atoms with van der Waals surface area (Å²) in [7, 11) is 1.52. The number of halogens is 1. The van der Waals surface area contributed by atoms with Crippen LogP contribution in [0.15, 0.2) is 53.3 Å². The smallest absolute Gasteiger partial charge is 0.278 e. The first-order valence-corrected chi connectivity index (χ1v) is 10.9. The van der Waals surface area contributed by atoms with Gasteiger partial charge < -0.3 is 10.1 Å². The third-order valence-corrected chi connectivity index (χ3v) is 5.84. The normalized spacial score (nSPS) is 12.0. The lowest BCUT2D eigenvalue weighted by Crippen LogP contribution is -2.35. The number of carbonyl (C=O) groups excluding carboxylic acids is 1. The minimum Gasteiger partial charge on any atom is -0.495 e. The van der Waals surface area contributed by atoms with Gasteiger partial charge in [0.2, 0.25) is 5.91 Å². The third-order valence-electron chi connectivity index (χ3n) is 5.54. The van der Waals surface area contributed by atoms with Crippen molar-refractivity contribution >= 4 is 34.1 Å². The maximum Gasteiger partial charge on any atom is 0.278 e. The van der Waals surface area contributed by atoms with Gasteiger partial charge in [0.15, 0.2) is 0 Å². The van der Waals surface area contributed by atoms with E-state index in [1.165, 1.54) is 11.8 Å². The van der Waals surface area contributed by atoms with Gasteiger partial charge in [0.05, 0.1) is 34.6 Å². The highest BCUT2D eigenvalue weighted by Gasteiger charge is 2.25. The quantitative estimate of drug-likeness (QED) is 0.454. The van der Waals surface area contributed by atoms with Gasteiger partial charge in [-0.05, 0) is 50.6 Å². The summed E-state index contributed by atoms with van der Waals surface area (Å²) in [5.74, 6) is 0.145. The molecule has 0 saturated heterocycles. The number of aryl methyl sites for hydroxylation is 2. The minimum atomic E-state index is -0.805. The van der Waals surface area contributed by atoms with Crippen LogP contribution in [0.25, 0.3) is 16.6 Å². The van der Waals surface area contributed by atoms with Crippen LogP contribution in [0.2, 0.25) is 5.02 Å². The largest absolute Gasteiger partial charge is 0.495 e. The molecule has 170 valence electrons. The Bertz CT molecular complexity index is 1390. The first-order valence-electron chi connectivity index (χ1n) is 10.5. The van der Waals surface area contributed by atoms with Crippen molar-refractivity contribution in [1.29, 1.82) is 0 Å². The molecule has 33 heavy (non-hydrogen) atoms. The first kappa shape index (κ1) is 22.5. The molecule has 0 aliphatic carbocycles. The molecule has 0 radical (unpaired) electrons. The van der Waals surface area contributed by atoms with Gasteiger partial charge in [-0.2, -0.15) is 10.2 Å². The van der Waals surface area contributed by atoms with Gasteiger partial charge in [0.1, 0.15) is 17.3 Å². The number of aromatic nitrogens is 4. The molecule has 0 unspecified atom stereocenters. The van der Waals surface area contributed by atoms with Crippen LogP contribution in [0, 0.1) is 13.8 Å². The molecule has 8 nitrogen and oxygen atoms in total. The maximum absolute atomic E-state index is 13.5. The molecule has 0 saturated carbocycles. The SMILES string of the molecule is CC[C@H](C(=O)Nc1ccc(OC)c(Cl)c1)n1nc(C)c2nn(-c3ccccc3)c(C)c2c1=O.